The van der Waals surface area contributed by atoms with Crippen molar-refractivity contribution in [2.24, 2.45) is 0 Å². The van der Waals surface area contributed by atoms with E-state index in [1.54, 1.807) is 6.08 Å². The van der Waals surface area contributed by atoms with Gasteiger partial charge < -0.3 is 14.8 Å². The lowest BCUT2D eigenvalue weighted by Gasteiger charge is -2.14. The van der Waals surface area contributed by atoms with Crippen LogP contribution in [0.1, 0.15) is 25.8 Å². The molecule has 21 heavy (non-hydrogen) atoms. The van der Waals surface area contributed by atoms with Gasteiger partial charge in [-0.2, -0.15) is 0 Å². The van der Waals surface area contributed by atoms with Crippen LogP contribution in [0.2, 0.25) is 0 Å². The zero-order valence-corrected chi connectivity index (χ0v) is 13.6. The molecular formula is C15H17NO3S2. The summed E-state index contributed by atoms with van der Waals surface area (Å²) in [4.78, 5) is 12.3. The van der Waals surface area contributed by atoms with Gasteiger partial charge in [-0.15, -0.1) is 0 Å². The average molecular weight is 323 g/mol. The number of ether oxygens (including phenoxy) is 2. The van der Waals surface area contributed by atoms with E-state index in [9.17, 15) is 4.79 Å². The fourth-order valence-electron chi connectivity index (χ4n) is 1.84. The van der Waals surface area contributed by atoms with E-state index in [0.29, 0.717) is 33.9 Å². The van der Waals surface area contributed by atoms with Crippen molar-refractivity contribution in [2.45, 2.75) is 20.3 Å². The summed E-state index contributed by atoms with van der Waals surface area (Å²) in [6.45, 7) is 5.12. The van der Waals surface area contributed by atoms with Crippen molar-refractivity contribution in [3.63, 3.8) is 0 Å². The summed E-state index contributed by atoms with van der Waals surface area (Å²) in [6, 6.07) is 5.64. The van der Waals surface area contributed by atoms with Crippen LogP contribution in [0.15, 0.2) is 23.1 Å². The first-order chi connectivity index (χ1) is 10.2. The van der Waals surface area contributed by atoms with E-state index in [2.05, 4.69) is 5.32 Å². The molecular weight excluding hydrogens is 306 g/mol. The Hall–Kier alpha value is -1.53. The molecule has 1 N–H and O–H groups in total. The highest BCUT2D eigenvalue weighted by molar-refractivity contribution is 8.26. The van der Waals surface area contributed by atoms with Crippen LogP contribution in [-0.4, -0.2) is 23.4 Å². The van der Waals surface area contributed by atoms with Gasteiger partial charge in [0, 0.05) is 5.56 Å². The number of carbonyl (C=O) groups is 1. The van der Waals surface area contributed by atoms with Gasteiger partial charge in [-0.3, -0.25) is 4.79 Å². The number of rotatable bonds is 6. The van der Waals surface area contributed by atoms with E-state index in [0.717, 1.165) is 12.0 Å². The molecule has 0 aromatic heterocycles. The first kappa shape index (κ1) is 15.9. The van der Waals surface area contributed by atoms with Crippen LogP contribution in [0.5, 0.6) is 11.5 Å². The van der Waals surface area contributed by atoms with Gasteiger partial charge in [0.2, 0.25) is 0 Å². The summed E-state index contributed by atoms with van der Waals surface area (Å²) in [5.74, 6) is 1.18. The standard InChI is InChI=1S/C15H17NO3S2/c1-3-8-19-13-10(6-5-7-11(13)18-4-2)9-12-14(17)16-15(20)21-12/h5-7,9H,3-4,8H2,1-2H3,(H,16,17,20)/b12-9-. The van der Waals surface area contributed by atoms with Crippen LogP contribution >= 0.6 is 24.0 Å². The molecule has 0 unspecified atom stereocenters. The van der Waals surface area contributed by atoms with Gasteiger partial charge in [0.15, 0.2) is 11.5 Å². The second-order valence-electron chi connectivity index (χ2n) is 4.31. The van der Waals surface area contributed by atoms with E-state index < -0.39 is 0 Å². The molecule has 0 aliphatic carbocycles. The Morgan fingerprint density at radius 2 is 2.14 bits per heavy atom. The fourth-order valence-corrected chi connectivity index (χ4v) is 2.87. The summed E-state index contributed by atoms with van der Waals surface area (Å²) in [5, 5.41) is 2.60. The SMILES string of the molecule is CCCOc1c(/C=C2\SC(=S)NC2=O)cccc1OCC. The van der Waals surface area contributed by atoms with Gasteiger partial charge in [-0.1, -0.05) is 43.0 Å². The summed E-state index contributed by atoms with van der Waals surface area (Å²) in [5.41, 5.74) is 0.816. The Balaban J connectivity index is 2.37. The lowest BCUT2D eigenvalue weighted by Crippen LogP contribution is -2.17. The average Bonchev–Trinajstić information content (AvgIpc) is 2.76. The van der Waals surface area contributed by atoms with E-state index in [4.69, 9.17) is 21.7 Å². The molecule has 0 saturated carbocycles. The molecule has 0 bridgehead atoms. The smallest absolute Gasteiger partial charge is 0.263 e. The zero-order chi connectivity index (χ0) is 15.2. The number of benzene rings is 1. The van der Waals surface area contributed by atoms with Crippen LogP contribution < -0.4 is 14.8 Å². The van der Waals surface area contributed by atoms with E-state index in [1.807, 2.05) is 32.0 Å². The van der Waals surface area contributed by atoms with Crippen molar-refractivity contribution in [1.29, 1.82) is 0 Å². The first-order valence-corrected chi connectivity index (χ1v) is 8.01. The van der Waals surface area contributed by atoms with Crippen LogP contribution in [0, 0.1) is 0 Å². The molecule has 1 saturated heterocycles. The highest BCUT2D eigenvalue weighted by Crippen LogP contribution is 2.35. The van der Waals surface area contributed by atoms with Crippen molar-refractivity contribution >= 4 is 40.3 Å². The van der Waals surface area contributed by atoms with Crippen LogP contribution in [-0.2, 0) is 4.79 Å². The summed E-state index contributed by atoms with van der Waals surface area (Å²) >= 11 is 6.25. The Labute approximate surface area is 133 Å². The first-order valence-electron chi connectivity index (χ1n) is 6.79. The molecule has 0 radical (unpaired) electrons. The molecule has 2 rings (SSSR count). The topological polar surface area (TPSA) is 47.6 Å². The molecule has 6 heteroatoms. The van der Waals surface area contributed by atoms with Gasteiger partial charge in [0.1, 0.15) is 4.32 Å². The monoisotopic (exact) mass is 323 g/mol. The highest BCUT2D eigenvalue weighted by atomic mass is 32.2. The quantitative estimate of drug-likeness (QED) is 0.642. The summed E-state index contributed by atoms with van der Waals surface area (Å²) in [7, 11) is 0. The van der Waals surface area contributed by atoms with Gasteiger partial charge in [-0.05, 0) is 25.5 Å². The third kappa shape index (κ3) is 3.98. The minimum atomic E-state index is -0.173. The molecule has 1 amide bonds. The molecule has 112 valence electrons. The second kappa shape index (κ2) is 7.47. The number of thiocarbonyl (C=S) groups is 1. The number of nitrogens with one attached hydrogen (secondary N) is 1. The maximum atomic E-state index is 11.8. The van der Waals surface area contributed by atoms with Crippen molar-refractivity contribution in [3.05, 3.63) is 28.7 Å². The largest absolute Gasteiger partial charge is 0.490 e. The Morgan fingerprint density at radius 3 is 2.76 bits per heavy atom. The maximum Gasteiger partial charge on any atom is 0.263 e. The Bertz CT molecular complexity index is 584. The predicted octanol–water partition coefficient (Wildman–Crippen LogP) is 3.36. The van der Waals surface area contributed by atoms with Gasteiger partial charge >= 0.3 is 0 Å². The van der Waals surface area contributed by atoms with Gasteiger partial charge in [0.25, 0.3) is 5.91 Å². The van der Waals surface area contributed by atoms with Crippen LogP contribution in [0.25, 0.3) is 6.08 Å². The van der Waals surface area contributed by atoms with E-state index >= 15 is 0 Å². The van der Waals surface area contributed by atoms with Crippen molar-refractivity contribution < 1.29 is 14.3 Å². The van der Waals surface area contributed by atoms with E-state index in [-0.39, 0.29) is 5.91 Å². The van der Waals surface area contributed by atoms with Crippen LogP contribution in [0.4, 0.5) is 0 Å². The summed E-state index contributed by atoms with van der Waals surface area (Å²) in [6.07, 6.45) is 2.68. The number of para-hydroxylation sites is 1. The minimum Gasteiger partial charge on any atom is -0.490 e. The van der Waals surface area contributed by atoms with Crippen molar-refractivity contribution in [1.82, 2.24) is 5.32 Å². The van der Waals surface area contributed by atoms with Crippen molar-refractivity contribution in [3.8, 4) is 11.5 Å². The maximum absolute atomic E-state index is 11.8. The summed E-state index contributed by atoms with van der Waals surface area (Å²) < 4.78 is 11.9. The zero-order valence-electron chi connectivity index (χ0n) is 12.0. The molecule has 1 fully saturated rings. The molecule has 1 aromatic rings. The van der Waals surface area contributed by atoms with Crippen LogP contribution in [0.3, 0.4) is 0 Å². The molecule has 0 spiro atoms. The van der Waals surface area contributed by atoms with Crippen molar-refractivity contribution in [2.75, 3.05) is 13.2 Å². The number of hydrogen-bond acceptors (Lipinski definition) is 5. The van der Waals surface area contributed by atoms with E-state index in [1.165, 1.54) is 11.8 Å². The molecule has 1 aliphatic rings. The lowest BCUT2D eigenvalue weighted by molar-refractivity contribution is -0.115. The fraction of sp³-hybridized carbons (Fsp3) is 0.333. The number of hydrogen-bond donors (Lipinski definition) is 1. The number of thioether (sulfide) groups is 1. The second-order valence-corrected chi connectivity index (χ2v) is 6.03. The Kier molecular flexibility index (Phi) is 5.64. The minimum absolute atomic E-state index is 0.173. The Morgan fingerprint density at radius 1 is 1.33 bits per heavy atom. The molecule has 4 nitrogen and oxygen atoms in total. The molecule has 1 aliphatic heterocycles. The van der Waals surface area contributed by atoms with Gasteiger partial charge in [-0.25, -0.2) is 0 Å². The molecule has 1 heterocycles. The third-order valence-electron chi connectivity index (χ3n) is 2.69. The predicted molar refractivity (Wildman–Crippen MR) is 89.7 cm³/mol. The highest BCUT2D eigenvalue weighted by Gasteiger charge is 2.23. The number of amides is 1. The van der Waals surface area contributed by atoms with Gasteiger partial charge in [0.05, 0.1) is 18.1 Å². The lowest BCUT2D eigenvalue weighted by atomic mass is 10.1. The molecule has 1 aromatic carbocycles. The number of carbonyl (C=O) groups excluding carboxylic acids is 1. The molecule has 0 atom stereocenters. The normalized spacial score (nSPS) is 16.2. The third-order valence-corrected chi connectivity index (χ3v) is 3.85.